The summed E-state index contributed by atoms with van der Waals surface area (Å²) in [5.74, 6) is -0.187. The topological polar surface area (TPSA) is 81.8 Å². The third-order valence-electron chi connectivity index (χ3n) is 5.53. The largest absolute Gasteiger partial charge is 0.338 e. The molecule has 7 heteroatoms. The first-order valence-corrected chi connectivity index (χ1v) is 10.6. The van der Waals surface area contributed by atoms with Crippen LogP contribution in [0, 0.1) is 0 Å². The maximum atomic E-state index is 13.1. The fourth-order valence-corrected chi connectivity index (χ4v) is 3.86. The van der Waals surface area contributed by atoms with E-state index in [-0.39, 0.29) is 30.3 Å². The third kappa shape index (κ3) is 6.56. The summed E-state index contributed by atoms with van der Waals surface area (Å²) in [7, 11) is 0. The van der Waals surface area contributed by atoms with Gasteiger partial charge in [-0.05, 0) is 63.4 Å². The van der Waals surface area contributed by atoms with Gasteiger partial charge in [0.15, 0.2) is 0 Å². The van der Waals surface area contributed by atoms with Crippen molar-refractivity contribution in [3.63, 3.8) is 0 Å². The van der Waals surface area contributed by atoms with E-state index in [2.05, 4.69) is 17.6 Å². The van der Waals surface area contributed by atoms with Crippen LogP contribution in [0.2, 0.25) is 0 Å². The van der Waals surface area contributed by atoms with E-state index in [4.69, 9.17) is 0 Å². The number of likely N-dealkylation sites (tertiary alicyclic amines) is 1. The van der Waals surface area contributed by atoms with Crippen molar-refractivity contribution in [2.45, 2.75) is 65.5 Å². The SMILES string of the molecule is CCC1CCCCN1C(=O)C(C)N(CC)CC(=O)Nc1ccc(NC(C)=O)cc1. The molecule has 160 valence electrons. The van der Waals surface area contributed by atoms with E-state index in [0.29, 0.717) is 24.0 Å². The summed E-state index contributed by atoms with van der Waals surface area (Å²) >= 11 is 0. The number of nitrogens with zero attached hydrogens (tertiary/aromatic N) is 2. The summed E-state index contributed by atoms with van der Waals surface area (Å²) in [6, 6.07) is 6.94. The summed E-state index contributed by atoms with van der Waals surface area (Å²) in [5, 5.41) is 5.55. The highest BCUT2D eigenvalue weighted by atomic mass is 16.2. The minimum atomic E-state index is -0.333. The van der Waals surface area contributed by atoms with Gasteiger partial charge < -0.3 is 15.5 Å². The molecule has 2 atom stereocenters. The maximum absolute atomic E-state index is 13.1. The lowest BCUT2D eigenvalue weighted by molar-refractivity contribution is -0.140. The Balaban J connectivity index is 1.94. The normalized spacial score (nSPS) is 17.7. The van der Waals surface area contributed by atoms with Gasteiger partial charge in [-0.1, -0.05) is 13.8 Å². The second-order valence-corrected chi connectivity index (χ2v) is 7.64. The zero-order valence-corrected chi connectivity index (χ0v) is 18.0. The number of amides is 3. The Kier molecular flexibility index (Phi) is 8.64. The molecule has 1 saturated heterocycles. The van der Waals surface area contributed by atoms with Gasteiger partial charge in [0.2, 0.25) is 17.7 Å². The molecule has 1 heterocycles. The second kappa shape index (κ2) is 11.0. The van der Waals surface area contributed by atoms with Crippen molar-refractivity contribution >= 4 is 29.1 Å². The molecule has 1 aromatic rings. The molecule has 0 aromatic heterocycles. The number of rotatable bonds is 8. The van der Waals surface area contributed by atoms with Gasteiger partial charge in [-0.25, -0.2) is 0 Å². The molecule has 0 spiro atoms. The van der Waals surface area contributed by atoms with E-state index in [1.54, 1.807) is 24.3 Å². The van der Waals surface area contributed by atoms with Crippen molar-refractivity contribution in [2.24, 2.45) is 0 Å². The fourth-order valence-electron chi connectivity index (χ4n) is 3.86. The average Bonchev–Trinajstić information content (AvgIpc) is 2.72. The minimum absolute atomic E-state index is 0.117. The van der Waals surface area contributed by atoms with Crippen molar-refractivity contribution in [3.05, 3.63) is 24.3 Å². The minimum Gasteiger partial charge on any atom is -0.338 e. The molecule has 2 rings (SSSR count). The number of nitrogens with one attached hydrogen (secondary N) is 2. The van der Waals surface area contributed by atoms with Crippen LogP contribution in [0.1, 0.15) is 53.4 Å². The molecule has 2 unspecified atom stereocenters. The quantitative estimate of drug-likeness (QED) is 0.700. The Morgan fingerprint density at radius 3 is 2.28 bits per heavy atom. The van der Waals surface area contributed by atoms with Gasteiger partial charge in [0.05, 0.1) is 12.6 Å². The number of likely N-dealkylation sites (N-methyl/N-ethyl adjacent to an activating group) is 1. The van der Waals surface area contributed by atoms with Crippen LogP contribution in [0.4, 0.5) is 11.4 Å². The highest BCUT2D eigenvalue weighted by Gasteiger charge is 2.31. The Morgan fingerprint density at radius 1 is 1.10 bits per heavy atom. The van der Waals surface area contributed by atoms with Crippen LogP contribution in [0.3, 0.4) is 0 Å². The lowest BCUT2D eigenvalue weighted by atomic mass is 9.99. The first kappa shape index (κ1) is 22.9. The molecule has 2 N–H and O–H groups in total. The molecular formula is C22H34N4O3. The average molecular weight is 403 g/mol. The second-order valence-electron chi connectivity index (χ2n) is 7.64. The van der Waals surface area contributed by atoms with E-state index in [1.807, 2.05) is 23.6 Å². The van der Waals surface area contributed by atoms with Crippen LogP contribution in [-0.2, 0) is 14.4 Å². The van der Waals surface area contributed by atoms with Gasteiger partial charge in [-0.3, -0.25) is 19.3 Å². The van der Waals surface area contributed by atoms with Crippen molar-refractivity contribution in [3.8, 4) is 0 Å². The molecule has 1 aromatic carbocycles. The maximum Gasteiger partial charge on any atom is 0.239 e. The van der Waals surface area contributed by atoms with Crippen LogP contribution in [0.5, 0.6) is 0 Å². The van der Waals surface area contributed by atoms with Crippen molar-refractivity contribution in [1.29, 1.82) is 0 Å². The lowest BCUT2D eigenvalue weighted by Crippen LogP contribution is -2.53. The highest BCUT2D eigenvalue weighted by Crippen LogP contribution is 2.21. The van der Waals surface area contributed by atoms with E-state index in [0.717, 1.165) is 25.8 Å². The van der Waals surface area contributed by atoms with Gasteiger partial charge in [0, 0.05) is 30.9 Å². The molecule has 7 nitrogen and oxygen atoms in total. The number of carbonyl (C=O) groups excluding carboxylic acids is 3. The molecular weight excluding hydrogens is 368 g/mol. The number of hydrogen-bond acceptors (Lipinski definition) is 4. The van der Waals surface area contributed by atoms with E-state index in [9.17, 15) is 14.4 Å². The first-order valence-electron chi connectivity index (χ1n) is 10.6. The molecule has 0 bridgehead atoms. The lowest BCUT2D eigenvalue weighted by Gasteiger charge is -2.39. The standard InChI is InChI=1S/C22H34N4O3/c1-5-20-9-7-8-14-26(20)22(29)16(3)25(6-2)15-21(28)24-19-12-10-18(11-13-19)23-17(4)27/h10-13,16,20H,5-9,14-15H2,1-4H3,(H,23,27)(H,24,28). The third-order valence-corrected chi connectivity index (χ3v) is 5.53. The van der Waals surface area contributed by atoms with E-state index in [1.165, 1.54) is 13.3 Å². The van der Waals surface area contributed by atoms with Gasteiger partial charge in [-0.2, -0.15) is 0 Å². The Hall–Kier alpha value is -2.41. The van der Waals surface area contributed by atoms with Crippen LogP contribution in [0.15, 0.2) is 24.3 Å². The Morgan fingerprint density at radius 2 is 1.72 bits per heavy atom. The van der Waals surface area contributed by atoms with E-state index < -0.39 is 0 Å². The van der Waals surface area contributed by atoms with Crippen LogP contribution in [-0.4, -0.2) is 59.2 Å². The van der Waals surface area contributed by atoms with Gasteiger partial charge >= 0.3 is 0 Å². The molecule has 1 fully saturated rings. The predicted octanol–water partition coefficient (Wildman–Crippen LogP) is 3.09. The summed E-state index contributed by atoms with van der Waals surface area (Å²) in [4.78, 5) is 40.6. The zero-order valence-electron chi connectivity index (χ0n) is 18.0. The molecule has 0 aliphatic carbocycles. The van der Waals surface area contributed by atoms with E-state index >= 15 is 0 Å². The van der Waals surface area contributed by atoms with Crippen molar-refractivity contribution in [2.75, 3.05) is 30.3 Å². The summed E-state index contributed by atoms with van der Waals surface area (Å²) in [6.07, 6.45) is 4.27. The van der Waals surface area contributed by atoms with Gasteiger partial charge in [-0.15, -0.1) is 0 Å². The number of hydrogen-bond donors (Lipinski definition) is 2. The molecule has 3 amide bonds. The monoisotopic (exact) mass is 402 g/mol. The Bertz CT molecular complexity index is 705. The summed E-state index contributed by atoms with van der Waals surface area (Å²) < 4.78 is 0. The van der Waals surface area contributed by atoms with Gasteiger partial charge in [0.1, 0.15) is 0 Å². The molecule has 29 heavy (non-hydrogen) atoms. The van der Waals surface area contributed by atoms with Crippen LogP contribution in [0.25, 0.3) is 0 Å². The number of benzene rings is 1. The smallest absolute Gasteiger partial charge is 0.239 e. The summed E-state index contributed by atoms with van der Waals surface area (Å²) in [6.45, 7) is 9.02. The fraction of sp³-hybridized carbons (Fsp3) is 0.591. The van der Waals surface area contributed by atoms with Crippen molar-refractivity contribution < 1.29 is 14.4 Å². The molecule has 1 aliphatic heterocycles. The predicted molar refractivity (Wildman–Crippen MR) is 116 cm³/mol. The zero-order chi connectivity index (χ0) is 21.4. The number of piperidine rings is 1. The van der Waals surface area contributed by atoms with Crippen LogP contribution >= 0.6 is 0 Å². The van der Waals surface area contributed by atoms with Gasteiger partial charge in [0.25, 0.3) is 0 Å². The highest BCUT2D eigenvalue weighted by molar-refractivity contribution is 5.93. The Labute approximate surface area is 173 Å². The molecule has 0 saturated carbocycles. The number of carbonyl (C=O) groups is 3. The van der Waals surface area contributed by atoms with Crippen LogP contribution < -0.4 is 10.6 Å². The summed E-state index contributed by atoms with van der Waals surface area (Å²) in [5.41, 5.74) is 1.33. The molecule has 1 aliphatic rings. The first-order chi connectivity index (χ1) is 13.8. The molecule has 0 radical (unpaired) electrons. The number of anilines is 2. The van der Waals surface area contributed by atoms with Crippen molar-refractivity contribution in [1.82, 2.24) is 9.80 Å².